The molecule has 0 saturated carbocycles. The lowest BCUT2D eigenvalue weighted by molar-refractivity contribution is 0.414. The zero-order chi connectivity index (χ0) is 12.3. The van der Waals surface area contributed by atoms with Crippen molar-refractivity contribution in [2.24, 2.45) is 0 Å². The van der Waals surface area contributed by atoms with E-state index < -0.39 is 11.6 Å². The third kappa shape index (κ3) is 2.71. The van der Waals surface area contributed by atoms with E-state index in [4.69, 9.17) is 16.3 Å². The second-order valence-corrected chi connectivity index (χ2v) is 3.58. The lowest BCUT2D eigenvalue weighted by Gasteiger charge is -2.07. The highest BCUT2D eigenvalue weighted by atomic mass is 35.5. The van der Waals surface area contributed by atoms with Crippen LogP contribution in [0.15, 0.2) is 36.7 Å². The highest BCUT2D eigenvalue weighted by Crippen LogP contribution is 2.25. The molecule has 2 aromatic rings. The summed E-state index contributed by atoms with van der Waals surface area (Å²) in [6.45, 7) is 0. The Bertz CT molecular complexity index is 534. The first-order valence-electron chi connectivity index (χ1n) is 4.82. The molecule has 0 amide bonds. The van der Waals surface area contributed by atoms with Crippen LogP contribution in [0.4, 0.5) is 8.78 Å². The standard InChI is InChI=1S/C12H8ClF2NO/c13-5-8-4-9(7-16-6-8)17-11-3-1-2-10(14)12(11)15/h1-4,6-7H,5H2. The summed E-state index contributed by atoms with van der Waals surface area (Å²) >= 11 is 5.63. The van der Waals surface area contributed by atoms with Gasteiger partial charge in [0.2, 0.25) is 5.82 Å². The van der Waals surface area contributed by atoms with Gasteiger partial charge in [0, 0.05) is 12.1 Å². The minimum atomic E-state index is -1.02. The van der Waals surface area contributed by atoms with Crippen LogP contribution >= 0.6 is 11.6 Å². The molecular formula is C12H8ClF2NO. The predicted octanol–water partition coefficient (Wildman–Crippen LogP) is 3.89. The van der Waals surface area contributed by atoms with Gasteiger partial charge in [-0.2, -0.15) is 4.39 Å². The molecule has 88 valence electrons. The first-order valence-corrected chi connectivity index (χ1v) is 5.36. The lowest BCUT2D eigenvalue weighted by Crippen LogP contribution is -1.92. The van der Waals surface area contributed by atoms with Gasteiger partial charge in [-0.1, -0.05) is 6.07 Å². The second kappa shape index (κ2) is 5.10. The Morgan fingerprint density at radius 3 is 2.82 bits per heavy atom. The Hall–Kier alpha value is -1.68. The molecule has 17 heavy (non-hydrogen) atoms. The Balaban J connectivity index is 2.28. The summed E-state index contributed by atoms with van der Waals surface area (Å²) in [6.07, 6.45) is 2.97. The number of benzene rings is 1. The third-order valence-corrected chi connectivity index (χ3v) is 2.38. The zero-order valence-corrected chi connectivity index (χ0v) is 9.42. The van der Waals surface area contributed by atoms with E-state index in [1.807, 2.05) is 0 Å². The van der Waals surface area contributed by atoms with Crippen LogP contribution in [-0.4, -0.2) is 4.98 Å². The van der Waals surface area contributed by atoms with E-state index in [2.05, 4.69) is 4.98 Å². The Morgan fingerprint density at radius 1 is 1.24 bits per heavy atom. The highest BCUT2D eigenvalue weighted by molar-refractivity contribution is 6.17. The lowest BCUT2D eigenvalue weighted by atomic mass is 10.3. The van der Waals surface area contributed by atoms with Crippen LogP contribution in [0.25, 0.3) is 0 Å². The topological polar surface area (TPSA) is 22.1 Å². The average molecular weight is 256 g/mol. The summed E-state index contributed by atoms with van der Waals surface area (Å²) in [6, 6.07) is 5.35. The minimum absolute atomic E-state index is 0.182. The van der Waals surface area contributed by atoms with E-state index in [0.29, 0.717) is 5.75 Å². The van der Waals surface area contributed by atoms with Crippen LogP contribution in [0.1, 0.15) is 5.56 Å². The van der Waals surface area contributed by atoms with Gasteiger partial charge in [-0.15, -0.1) is 11.6 Å². The number of nitrogens with zero attached hydrogens (tertiary/aromatic N) is 1. The largest absolute Gasteiger partial charge is 0.453 e. The molecule has 0 N–H and O–H groups in total. The maximum atomic E-state index is 13.3. The molecule has 0 unspecified atom stereocenters. The molecule has 2 rings (SSSR count). The maximum absolute atomic E-state index is 13.3. The molecule has 1 heterocycles. The molecule has 1 aromatic heterocycles. The number of hydrogen-bond acceptors (Lipinski definition) is 2. The van der Waals surface area contributed by atoms with Crippen molar-refractivity contribution >= 4 is 11.6 Å². The Labute approximate surface area is 102 Å². The van der Waals surface area contributed by atoms with Gasteiger partial charge in [-0.25, -0.2) is 4.39 Å². The number of pyridine rings is 1. The monoisotopic (exact) mass is 255 g/mol. The number of rotatable bonds is 3. The van der Waals surface area contributed by atoms with Crippen molar-refractivity contribution in [2.75, 3.05) is 0 Å². The van der Waals surface area contributed by atoms with E-state index in [1.54, 1.807) is 12.3 Å². The maximum Gasteiger partial charge on any atom is 0.201 e. The molecule has 0 aliphatic heterocycles. The molecule has 0 fully saturated rings. The summed E-state index contributed by atoms with van der Waals surface area (Å²) in [4.78, 5) is 3.88. The summed E-state index contributed by atoms with van der Waals surface area (Å²) < 4.78 is 31.5. The number of ether oxygens (including phenoxy) is 1. The Kier molecular flexibility index (Phi) is 3.54. The van der Waals surface area contributed by atoms with Gasteiger partial charge >= 0.3 is 0 Å². The zero-order valence-electron chi connectivity index (χ0n) is 8.66. The van der Waals surface area contributed by atoms with Crippen molar-refractivity contribution in [1.82, 2.24) is 4.98 Å². The SMILES string of the molecule is Fc1cccc(Oc2cncc(CCl)c2)c1F. The van der Waals surface area contributed by atoms with Gasteiger partial charge in [-0.05, 0) is 23.8 Å². The molecule has 0 saturated heterocycles. The van der Waals surface area contributed by atoms with Crippen LogP contribution in [0.5, 0.6) is 11.5 Å². The number of alkyl halides is 1. The molecule has 0 atom stereocenters. The number of aromatic nitrogens is 1. The third-order valence-electron chi connectivity index (χ3n) is 2.07. The second-order valence-electron chi connectivity index (χ2n) is 3.32. The van der Waals surface area contributed by atoms with Gasteiger partial charge < -0.3 is 4.74 Å². The molecule has 2 nitrogen and oxygen atoms in total. The van der Waals surface area contributed by atoms with Crippen LogP contribution in [-0.2, 0) is 5.88 Å². The van der Waals surface area contributed by atoms with Crippen molar-refractivity contribution in [3.63, 3.8) is 0 Å². The molecule has 1 aromatic carbocycles. The molecule has 0 radical (unpaired) electrons. The summed E-state index contributed by atoms with van der Waals surface area (Å²) in [7, 11) is 0. The average Bonchev–Trinajstić information content (AvgIpc) is 2.35. The number of halogens is 3. The first kappa shape index (κ1) is 11.8. The summed E-state index contributed by atoms with van der Waals surface area (Å²) in [5.74, 6) is -1.57. The molecule has 0 aliphatic rings. The fourth-order valence-electron chi connectivity index (χ4n) is 1.28. The first-order chi connectivity index (χ1) is 8.20. The molecule has 5 heteroatoms. The van der Waals surface area contributed by atoms with E-state index in [0.717, 1.165) is 11.6 Å². The fraction of sp³-hybridized carbons (Fsp3) is 0.0833. The van der Waals surface area contributed by atoms with Crippen molar-refractivity contribution in [3.05, 3.63) is 53.9 Å². The Morgan fingerprint density at radius 2 is 2.06 bits per heavy atom. The molecule has 0 bridgehead atoms. The summed E-state index contributed by atoms with van der Waals surface area (Å²) in [5, 5.41) is 0. The van der Waals surface area contributed by atoms with Crippen molar-refractivity contribution < 1.29 is 13.5 Å². The van der Waals surface area contributed by atoms with Gasteiger partial charge in [-0.3, -0.25) is 4.98 Å². The molecular weight excluding hydrogens is 248 g/mol. The molecule has 0 aliphatic carbocycles. The van der Waals surface area contributed by atoms with E-state index in [-0.39, 0.29) is 11.6 Å². The highest BCUT2D eigenvalue weighted by Gasteiger charge is 2.09. The molecule has 0 spiro atoms. The fourth-order valence-corrected chi connectivity index (χ4v) is 1.43. The van der Waals surface area contributed by atoms with E-state index in [1.165, 1.54) is 18.3 Å². The van der Waals surface area contributed by atoms with Gasteiger partial charge in [0.15, 0.2) is 11.6 Å². The summed E-state index contributed by atoms with van der Waals surface area (Å²) in [5.41, 5.74) is 0.737. The van der Waals surface area contributed by atoms with Crippen molar-refractivity contribution in [3.8, 4) is 11.5 Å². The minimum Gasteiger partial charge on any atom is -0.453 e. The van der Waals surface area contributed by atoms with Gasteiger partial charge in [0.25, 0.3) is 0 Å². The van der Waals surface area contributed by atoms with Crippen molar-refractivity contribution in [2.45, 2.75) is 5.88 Å². The van der Waals surface area contributed by atoms with Crippen LogP contribution in [0.3, 0.4) is 0 Å². The van der Waals surface area contributed by atoms with Gasteiger partial charge in [0.05, 0.1) is 6.20 Å². The quantitative estimate of drug-likeness (QED) is 0.776. The van der Waals surface area contributed by atoms with E-state index >= 15 is 0 Å². The van der Waals surface area contributed by atoms with Crippen LogP contribution < -0.4 is 4.74 Å². The van der Waals surface area contributed by atoms with Gasteiger partial charge in [0.1, 0.15) is 5.75 Å². The number of hydrogen-bond donors (Lipinski definition) is 0. The smallest absolute Gasteiger partial charge is 0.201 e. The normalized spacial score (nSPS) is 10.3. The van der Waals surface area contributed by atoms with Crippen LogP contribution in [0.2, 0.25) is 0 Å². The van der Waals surface area contributed by atoms with E-state index in [9.17, 15) is 8.78 Å². The van der Waals surface area contributed by atoms with Crippen molar-refractivity contribution in [1.29, 1.82) is 0 Å². The predicted molar refractivity (Wildman–Crippen MR) is 60.2 cm³/mol. The van der Waals surface area contributed by atoms with Crippen LogP contribution in [0, 0.1) is 11.6 Å².